The molecule has 0 saturated carbocycles. The quantitative estimate of drug-likeness (QED) is 0.184. The Morgan fingerprint density at radius 3 is 1.88 bits per heavy atom. The molecule has 0 spiro atoms. The molecule has 0 bridgehead atoms. The SMILES string of the molecule is C=C(CCC(=O)OCC)CC(NC=O)(C(=O)OCC)C(=O)OCC. The second kappa shape index (κ2) is 11.2. The summed E-state index contributed by atoms with van der Waals surface area (Å²) < 4.78 is 14.6. The Bertz CT molecular complexity index is 455. The molecular weight excluding hydrogens is 318 g/mol. The first-order chi connectivity index (χ1) is 11.4. The van der Waals surface area contributed by atoms with Gasteiger partial charge in [-0.25, -0.2) is 9.59 Å². The summed E-state index contributed by atoms with van der Waals surface area (Å²) in [5.41, 5.74) is -1.61. The number of carbonyl (C=O) groups is 4. The lowest BCUT2D eigenvalue weighted by molar-refractivity contribution is -0.167. The van der Waals surface area contributed by atoms with Crippen molar-refractivity contribution in [2.45, 2.75) is 45.6 Å². The summed E-state index contributed by atoms with van der Waals surface area (Å²) in [4.78, 5) is 46.9. The van der Waals surface area contributed by atoms with Crippen molar-refractivity contribution in [1.29, 1.82) is 0 Å². The van der Waals surface area contributed by atoms with E-state index in [1.54, 1.807) is 20.8 Å². The first-order valence-electron chi connectivity index (χ1n) is 7.75. The molecule has 1 amide bonds. The molecule has 8 heteroatoms. The number of esters is 3. The van der Waals surface area contributed by atoms with E-state index in [2.05, 4.69) is 11.9 Å². The zero-order chi connectivity index (χ0) is 18.6. The van der Waals surface area contributed by atoms with Crippen molar-refractivity contribution in [2.24, 2.45) is 0 Å². The minimum absolute atomic E-state index is 0.0236. The molecule has 24 heavy (non-hydrogen) atoms. The summed E-state index contributed by atoms with van der Waals surface area (Å²) in [5, 5.41) is 2.20. The van der Waals surface area contributed by atoms with Gasteiger partial charge >= 0.3 is 17.9 Å². The van der Waals surface area contributed by atoms with E-state index in [-0.39, 0.29) is 45.5 Å². The van der Waals surface area contributed by atoms with E-state index in [4.69, 9.17) is 14.2 Å². The highest BCUT2D eigenvalue weighted by Gasteiger charge is 2.49. The van der Waals surface area contributed by atoms with Gasteiger partial charge in [0.05, 0.1) is 19.8 Å². The van der Waals surface area contributed by atoms with E-state index in [9.17, 15) is 19.2 Å². The second-order valence-corrected chi connectivity index (χ2v) is 4.84. The third-order valence-electron chi connectivity index (χ3n) is 3.06. The number of nitrogens with one attached hydrogen (secondary N) is 1. The lowest BCUT2D eigenvalue weighted by Crippen LogP contribution is -2.59. The second-order valence-electron chi connectivity index (χ2n) is 4.84. The molecule has 0 saturated heterocycles. The fourth-order valence-corrected chi connectivity index (χ4v) is 1.98. The normalized spacial score (nSPS) is 10.5. The summed E-state index contributed by atoms with van der Waals surface area (Å²) >= 11 is 0. The molecule has 0 rings (SSSR count). The van der Waals surface area contributed by atoms with Gasteiger partial charge in [-0.05, 0) is 27.2 Å². The van der Waals surface area contributed by atoms with Crippen LogP contribution in [0.25, 0.3) is 0 Å². The third-order valence-corrected chi connectivity index (χ3v) is 3.06. The molecule has 0 fully saturated rings. The highest BCUT2D eigenvalue weighted by molar-refractivity contribution is 6.06. The molecule has 0 aliphatic carbocycles. The highest BCUT2D eigenvalue weighted by atomic mass is 16.6. The van der Waals surface area contributed by atoms with Gasteiger partial charge in [-0.2, -0.15) is 0 Å². The summed E-state index contributed by atoms with van der Waals surface area (Å²) in [6, 6.07) is 0. The summed E-state index contributed by atoms with van der Waals surface area (Å²) in [5.74, 6) is -2.29. The van der Waals surface area contributed by atoms with Gasteiger partial charge in [-0.15, -0.1) is 0 Å². The Hall–Kier alpha value is -2.38. The van der Waals surface area contributed by atoms with Crippen molar-refractivity contribution >= 4 is 24.3 Å². The standard InChI is InChI=1S/C16H25NO7/c1-5-22-13(19)9-8-12(4)10-16(17-11-18,14(20)23-6-2)15(21)24-7-3/h11H,4-10H2,1-3H3,(H,17,18). The van der Waals surface area contributed by atoms with Crippen molar-refractivity contribution in [2.75, 3.05) is 19.8 Å². The molecule has 8 nitrogen and oxygen atoms in total. The van der Waals surface area contributed by atoms with Gasteiger partial charge in [0.2, 0.25) is 11.9 Å². The van der Waals surface area contributed by atoms with Gasteiger partial charge in [0.15, 0.2) is 0 Å². The minimum Gasteiger partial charge on any atom is -0.466 e. The van der Waals surface area contributed by atoms with Gasteiger partial charge in [-0.1, -0.05) is 12.2 Å². The number of ether oxygens (including phenoxy) is 3. The van der Waals surface area contributed by atoms with Crippen molar-refractivity contribution < 1.29 is 33.4 Å². The molecule has 1 N–H and O–H groups in total. The van der Waals surface area contributed by atoms with Crippen LogP contribution in [0.2, 0.25) is 0 Å². The third kappa shape index (κ3) is 6.39. The Morgan fingerprint density at radius 1 is 0.958 bits per heavy atom. The molecule has 136 valence electrons. The molecule has 0 atom stereocenters. The van der Waals surface area contributed by atoms with Crippen molar-refractivity contribution in [3.05, 3.63) is 12.2 Å². The van der Waals surface area contributed by atoms with E-state index >= 15 is 0 Å². The Balaban J connectivity index is 5.25. The predicted octanol–water partition coefficient (Wildman–Crippen LogP) is 0.887. The van der Waals surface area contributed by atoms with Gasteiger partial charge in [0.25, 0.3) is 0 Å². The average Bonchev–Trinajstić information content (AvgIpc) is 2.53. The van der Waals surface area contributed by atoms with Crippen LogP contribution in [0.5, 0.6) is 0 Å². The Kier molecular flexibility index (Phi) is 10.1. The maximum atomic E-state index is 12.3. The van der Waals surface area contributed by atoms with Crippen LogP contribution in [0.15, 0.2) is 12.2 Å². The number of amides is 1. The number of rotatable bonds is 12. The van der Waals surface area contributed by atoms with Crippen LogP contribution in [0.3, 0.4) is 0 Å². The Morgan fingerprint density at radius 2 is 1.46 bits per heavy atom. The predicted molar refractivity (Wildman–Crippen MR) is 84.8 cm³/mol. The maximum Gasteiger partial charge on any atom is 0.344 e. The fourth-order valence-electron chi connectivity index (χ4n) is 1.98. The zero-order valence-corrected chi connectivity index (χ0v) is 14.4. The van der Waals surface area contributed by atoms with Gasteiger partial charge < -0.3 is 19.5 Å². The van der Waals surface area contributed by atoms with Gasteiger partial charge in [0, 0.05) is 12.8 Å². The number of hydrogen-bond acceptors (Lipinski definition) is 7. The number of carbonyl (C=O) groups excluding carboxylic acids is 4. The fraction of sp³-hybridized carbons (Fsp3) is 0.625. The zero-order valence-electron chi connectivity index (χ0n) is 14.4. The molecule has 0 unspecified atom stereocenters. The molecule has 0 aromatic carbocycles. The lowest BCUT2D eigenvalue weighted by Gasteiger charge is -2.29. The lowest BCUT2D eigenvalue weighted by atomic mass is 9.89. The largest absolute Gasteiger partial charge is 0.466 e. The first-order valence-corrected chi connectivity index (χ1v) is 7.75. The van der Waals surface area contributed by atoms with Crippen LogP contribution in [-0.4, -0.2) is 49.7 Å². The molecule has 0 aromatic heterocycles. The monoisotopic (exact) mass is 343 g/mol. The van der Waals surface area contributed by atoms with Gasteiger partial charge in [0.1, 0.15) is 0 Å². The van der Waals surface area contributed by atoms with E-state index < -0.39 is 23.4 Å². The van der Waals surface area contributed by atoms with Crippen LogP contribution in [0.4, 0.5) is 0 Å². The van der Waals surface area contributed by atoms with Crippen molar-refractivity contribution in [1.82, 2.24) is 5.32 Å². The molecule has 0 aromatic rings. The molecule has 0 aliphatic heterocycles. The number of hydrogen-bond donors (Lipinski definition) is 1. The summed E-state index contributed by atoms with van der Waals surface area (Å²) in [6.45, 7) is 8.90. The average molecular weight is 343 g/mol. The molecule has 0 heterocycles. The van der Waals surface area contributed by atoms with Crippen LogP contribution >= 0.6 is 0 Å². The molecule has 0 radical (unpaired) electrons. The summed E-state index contributed by atoms with van der Waals surface area (Å²) in [7, 11) is 0. The van der Waals surface area contributed by atoms with E-state index in [1.165, 1.54) is 0 Å². The Labute approximate surface area is 141 Å². The first kappa shape index (κ1) is 21.6. The van der Waals surface area contributed by atoms with Crippen LogP contribution in [0.1, 0.15) is 40.0 Å². The topological polar surface area (TPSA) is 108 Å². The van der Waals surface area contributed by atoms with E-state index in [0.29, 0.717) is 5.57 Å². The van der Waals surface area contributed by atoms with Gasteiger partial charge in [-0.3, -0.25) is 9.59 Å². The maximum absolute atomic E-state index is 12.3. The van der Waals surface area contributed by atoms with Crippen LogP contribution in [0, 0.1) is 0 Å². The smallest absolute Gasteiger partial charge is 0.344 e. The minimum atomic E-state index is -2.01. The van der Waals surface area contributed by atoms with Crippen molar-refractivity contribution in [3.63, 3.8) is 0 Å². The van der Waals surface area contributed by atoms with Crippen LogP contribution in [-0.2, 0) is 33.4 Å². The molecule has 0 aliphatic rings. The highest BCUT2D eigenvalue weighted by Crippen LogP contribution is 2.23. The summed E-state index contributed by atoms with van der Waals surface area (Å²) in [6.07, 6.45) is 0.241. The van der Waals surface area contributed by atoms with Crippen molar-refractivity contribution in [3.8, 4) is 0 Å². The van der Waals surface area contributed by atoms with Crippen LogP contribution < -0.4 is 5.32 Å². The van der Waals surface area contributed by atoms with E-state index in [1.807, 2.05) is 0 Å². The van der Waals surface area contributed by atoms with E-state index in [0.717, 1.165) is 0 Å². The molecular formula is C16H25NO7.